The molecule has 0 bridgehead atoms. The Kier molecular flexibility index (Phi) is 11.6. The summed E-state index contributed by atoms with van der Waals surface area (Å²) in [5.74, 6) is -0.0810. The number of nitrogens with zero attached hydrogens (tertiary/aromatic N) is 6. The molecule has 0 spiro atoms. The van der Waals surface area contributed by atoms with Gasteiger partial charge in [-0.05, 0) is 72.4 Å². The fourth-order valence-corrected chi connectivity index (χ4v) is 5.57. The highest BCUT2D eigenvalue weighted by Crippen LogP contribution is 2.28. The number of nitrogens with one attached hydrogen (secondary N) is 4. The maximum atomic E-state index is 12.3. The molecule has 0 aliphatic heterocycles. The topological polar surface area (TPSA) is 275 Å². The minimum atomic E-state index is -4.82. The molecule has 0 amide bonds. The van der Waals surface area contributed by atoms with E-state index < -0.39 is 42.2 Å². The summed E-state index contributed by atoms with van der Waals surface area (Å²) in [6.45, 7) is 3.32. The minimum absolute atomic E-state index is 0.0374. The number of rotatable bonds is 14. The molecule has 2 unspecified atom stereocenters. The molecule has 0 aliphatic rings. The average Bonchev–Trinajstić information content (AvgIpc) is 2.97. The molecule has 2 aromatic carbocycles. The number of halogens is 2. The Morgan fingerprint density at radius 2 is 1.00 bits per heavy atom. The molecule has 4 aromatic rings. The first-order valence-electron chi connectivity index (χ1n) is 13.6. The van der Waals surface area contributed by atoms with Crippen LogP contribution < -0.4 is 21.3 Å². The van der Waals surface area contributed by atoms with Crippen molar-refractivity contribution in [2.45, 2.75) is 35.8 Å². The van der Waals surface area contributed by atoms with Crippen LogP contribution >= 0.6 is 23.2 Å². The predicted octanol–water partition coefficient (Wildman–Crippen LogP) is 3.10. The zero-order chi connectivity index (χ0) is 35.2. The largest absolute Gasteiger partial charge is 0.392 e. The summed E-state index contributed by atoms with van der Waals surface area (Å²) in [7, 11) is -9.64. The van der Waals surface area contributed by atoms with Crippen molar-refractivity contribution in [2.24, 2.45) is 0 Å². The molecule has 0 aliphatic carbocycles. The highest BCUT2D eigenvalue weighted by atomic mass is 35.5. The highest BCUT2D eigenvalue weighted by molar-refractivity contribution is 7.86. The van der Waals surface area contributed by atoms with Crippen molar-refractivity contribution in [1.29, 1.82) is 0 Å². The van der Waals surface area contributed by atoms with Crippen LogP contribution in [0.1, 0.15) is 25.0 Å². The van der Waals surface area contributed by atoms with Gasteiger partial charge in [0.05, 0.1) is 12.2 Å². The van der Waals surface area contributed by atoms with E-state index in [4.69, 9.17) is 23.2 Å². The van der Waals surface area contributed by atoms with Crippen molar-refractivity contribution >= 4 is 90.8 Å². The molecule has 0 fully saturated rings. The third kappa shape index (κ3) is 10.6. The Morgan fingerprint density at radius 1 is 0.646 bits per heavy atom. The van der Waals surface area contributed by atoms with Gasteiger partial charge in [-0.25, -0.2) is 0 Å². The standard InChI is InChI=1S/C26H28Cl2N10O8S2/c1-13(39)11-29-23-33-21(27)35-25(37-23)31-17-7-5-15(19(9-17)47(41,42)43)3-4-16-6-8-18(10-20(16)48(44,45)46)32-26-36-22(28)34-24(38-26)30-12-14(2)40/h3-10,13-14,39-40H,11-12H2,1-2H3,(H,41,42,43)(H,44,45,46)(H2,29,31,33,35,37)(H2,30,32,34,36,38)/b4-3+. The highest BCUT2D eigenvalue weighted by Gasteiger charge is 2.19. The molecule has 8 N–H and O–H groups in total. The quantitative estimate of drug-likeness (QED) is 0.0680. The summed E-state index contributed by atoms with van der Waals surface area (Å²) in [6, 6.07) is 7.64. The zero-order valence-electron chi connectivity index (χ0n) is 24.9. The number of hydrogen-bond donors (Lipinski definition) is 8. The minimum Gasteiger partial charge on any atom is -0.392 e. The van der Waals surface area contributed by atoms with Crippen LogP contribution in [0.15, 0.2) is 46.2 Å². The third-order valence-corrected chi connectivity index (χ3v) is 8.02. The summed E-state index contributed by atoms with van der Waals surface area (Å²) in [5, 5.41) is 29.6. The van der Waals surface area contributed by atoms with E-state index in [1.54, 1.807) is 13.8 Å². The lowest BCUT2D eigenvalue weighted by Crippen LogP contribution is -2.17. The summed E-state index contributed by atoms with van der Waals surface area (Å²) < 4.78 is 69.1. The van der Waals surface area contributed by atoms with Crippen molar-refractivity contribution in [3.63, 3.8) is 0 Å². The van der Waals surface area contributed by atoms with E-state index in [9.17, 15) is 36.2 Å². The molecule has 2 aromatic heterocycles. The monoisotopic (exact) mass is 742 g/mol. The molecule has 18 nitrogen and oxygen atoms in total. The second-order valence-corrected chi connectivity index (χ2v) is 13.5. The SMILES string of the molecule is CC(O)CNc1nc(Cl)nc(Nc2ccc(/C=C/c3ccc(Nc4nc(Cl)nc(NCC(C)O)n4)cc3S(=O)(=O)O)c(S(=O)(=O)O)c2)n1. The van der Waals surface area contributed by atoms with Crippen LogP contribution in [0.3, 0.4) is 0 Å². The molecule has 0 radical (unpaired) electrons. The van der Waals surface area contributed by atoms with E-state index >= 15 is 0 Å². The molecule has 4 rings (SSSR count). The molecule has 22 heteroatoms. The van der Waals surface area contributed by atoms with Crippen LogP contribution in [0.2, 0.25) is 10.6 Å². The van der Waals surface area contributed by atoms with Crippen LogP contribution in [0.25, 0.3) is 12.2 Å². The Hall–Kier alpha value is -4.28. The van der Waals surface area contributed by atoms with Crippen molar-refractivity contribution < 1.29 is 36.2 Å². The van der Waals surface area contributed by atoms with Crippen LogP contribution in [0, 0.1) is 0 Å². The van der Waals surface area contributed by atoms with E-state index in [1.165, 1.54) is 36.4 Å². The van der Waals surface area contributed by atoms with Gasteiger partial charge in [-0.15, -0.1) is 0 Å². The smallest absolute Gasteiger partial charge is 0.295 e. The van der Waals surface area contributed by atoms with Crippen LogP contribution in [-0.4, -0.2) is 91.4 Å². The molecule has 0 saturated heterocycles. The normalized spacial score (nSPS) is 13.2. The van der Waals surface area contributed by atoms with Gasteiger partial charge in [-0.1, -0.05) is 24.3 Å². The van der Waals surface area contributed by atoms with Crippen molar-refractivity contribution in [2.75, 3.05) is 34.4 Å². The third-order valence-electron chi connectivity index (χ3n) is 5.87. The van der Waals surface area contributed by atoms with Gasteiger partial charge in [-0.3, -0.25) is 9.11 Å². The molecule has 48 heavy (non-hydrogen) atoms. The van der Waals surface area contributed by atoms with E-state index in [0.717, 1.165) is 12.1 Å². The molecular formula is C26H28Cl2N10O8S2. The summed E-state index contributed by atoms with van der Waals surface area (Å²) in [4.78, 5) is 22.7. The van der Waals surface area contributed by atoms with Gasteiger partial charge >= 0.3 is 0 Å². The molecule has 2 heterocycles. The summed E-state index contributed by atoms with van der Waals surface area (Å²) >= 11 is 11.9. The summed E-state index contributed by atoms with van der Waals surface area (Å²) in [5.41, 5.74) is 0.161. The number of aliphatic hydroxyl groups is 2. The molecule has 2 atom stereocenters. The Bertz CT molecular complexity index is 1910. The molecule has 256 valence electrons. The van der Waals surface area contributed by atoms with E-state index in [0.29, 0.717) is 0 Å². The average molecular weight is 744 g/mol. The molecular weight excluding hydrogens is 715 g/mol. The van der Waals surface area contributed by atoms with Gasteiger partial charge in [0.2, 0.25) is 34.4 Å². The van der Waals surface area contributed by atoms with Gasteiger partial charge in [0.1, 0.15) is 9.79 Å². The van der Waals surface area contributed by atoms with Gasteiger partial charge < -0.3 is 31.5 Å². The fraction of sp³-hybridized carbons (Fsp3) is 0.231. The van der Waals surface area contributed by atoms with Crippen molar-refractivity contribution in [3.8, 4) is 0 Å². The maximum Gasteiger partial charge on any atom is 0.295 e. The molecule has 0 saturated carbocycles. The number of aliphatic hydroxyl groups excluding tert-OH is 2. The van der Waals surface area contributed by atoms with Crippen LogP contribution in [-0.2, 0) is 20.2 Å². The van der Waals surface area contributed by atoms with Crippen molar-refractivity contribution in [3.05, 3.63) is 58.1 Å². The number of aromatic nitrogens is 6. The van der Waals surface area contributed by atoms with E-state index in [-0.39, 0.29) is 70.0 Å². The summed E-state index contributed by atoms with van der Waals surface area (Å²) in [6.07, 6.45) is 1.01. The fourth-order valence-electron chi connectivity index (χ4n) is 3.83. The Labute approximate surface area is 284 Å². The van der Waals surface area contributed by atoms with E-state index in [2.05, 4.69) is 51.2 Å². The van der Waals surface area contributed by atoms with Crippen LogP contribution in [0.4, 0.5) is 35.2 Å². The lowest BCUT2D eigenvalue weighted by atomic mass is 10.1. The second kappa shape index (κ2) is 15.3. The van der Waals surface area contributed by atoms with Gasteiger partial charge in [-0.2, -0.15) is 46.7 Å². The van der Waals surface area contributed by atoms with Gasteiger partial charge in [0, 0.05) is 24.5 Å². The second-order valence-electron chi connectivity index (χ2n) is 10.0. The number of anilines is 6. The first-order valence-corrected chi connectivity index (χ1v) is 17.2. The lowest BCUT2D eigenvalue weighted by molar-refractivity contribution is 0.207. The van der Waals surface area contributed by atoms with Crippen molar-refractivity contribution in [1.82, 2.24) is 29.9 Å². The Balaban J connectivity index is 1.62. The van der Waals surface area contributed by atoms with Crippen LogP contribution in [0.5, 0.6) is 0 Å². The van der Waals surface area contributed by atoms with E-state index in [1.807, 2.05) is 0 Å². The first kappa shape index (κ1) is 36.6. The predicted molar refractivity (Wildman–Crippen MR) is 178 cm³/mol. The van der Waals surface area contributed by atoms with Gasteiger partial charge in [0.15, 0.2) is 0 Å². The lowest BCUT2D eigenvalue weighted by Gasteiger charge is -2.12. The first-order chi connectivity index (χ1) is 22.5. The number of hydrogen-bond acceptors (Lipinski definition) is 16. The zero-order valence-corrected chi connectivity index (χ0v) is 28.0. The Morgan fingerprint density at radius 3 is 1.33 bits per heavy atom. The van der Waals surface area contributed by atoms with Gasteiger partial charge in [0.25, 0.3) is 20.2 Å². The maximum absolute atomic E-state index is 12.3. The number of benzene rings is 2.